The second-order valence-corrected chi connectivity index (χ2v) is 3.86. The molecular formula is C10H21NO2. The summed E-state index contributed by atoms with van der Waals surface area (Å²) in [6, 6.07) is 0.844. The van der Waals surface area contributed by atoms with Crippen molar-refractivity contribution in [3.05, 3.63) is 0 Å². The zero-order valence-corrected chi connectivity index (χ0v) is 8.88. The number of methoxy groups -OCH3 is 1. The number of ether oxygens (including phenoxy) is 2. The molecule has 1 N–H and O–H groups in total. The third-order valence-corrected chi connectivity index (χ3v) is 2.49. The van der Waals surface area contributed by atoms with Crippen LogP contribution in [0.5, 0.6) is 0 Å². The topological polar surface area (TPSA) is 30.5 Å². The van der Waals surface area contributed by atoms with Crippen LogP contribution < -0.4 is 5.32 Å². The van der Waals surface area contributed by atoms with Crippen LogP contribution in [-0.4, -0.2) is 38.5 Å². The summed E-state index contributed by atoms with van der Waals surface area (Å²) in [5.41, 5.74) is 0. The van der Waals surface area contributed by atoms with Crippen molar-refractivity contribution in [2.24, 2.45) is 0 Å². The van der Waals surface area contributed by atoms with E-state index in [9.17, 15) is 0 Å². The molecule has 0 amide bonds. The van der Waals surface area contributed by atoms with E-state index in [-0.39, 0.29) is 0 Å². The average Bonchev–Trinajstić information content (AvgIpc) is 2.55. The summed E-state index contributed by atoms with van der Waals surface area (Å²) in [6.45, 7) is 6.00. The Balaban J connectivity index is 2.18. The lowest BCUT2D eigenvalue weighted by atomic mass is 10.1. The molecular weight excluding hydrogens is 166 g/mol. The van der Waals surface area contributed by atoms with Crippen molar-refractivity contribution in [3.8, 4) is 0 Å². The molecule has 0 aromatic rings. The number of hydrogen-bond acceptors (Lipinski definition) is 3. The van der Waals surface area contributed by atoms with Gasteiger partial charge in [-0.3, -0.25) is 0 Å². The van der Waals surface area contributed by atoms with E-state index >= 15 is 0 Å². The predicted octanol–water partition coefficient (Wildman–Crippen LogP) is 1.18. The van der Waals surface area contributed by atoms with Crippen molar-refractivity contribution < 1.29 is 9.47 Å². The van der Waals surface area contributed by atoms with E-state index in [2.05, 4.69) is 19.2 Å². The van der Waals surface area contributed by atoms with Crippen LogP contribution in [0.1, 0.15) is 26.7 Å². The van der Waals surface area contributed by atoms with Crippen molar-refractivity contribution in [3.63, 3.8) is 0 Å². The maximum Gasteiger partial charge on any atom is 0.0726 e. The molecule has 0 spiro atoms. The second-order valence-electron chi connectivity index (χ2n) is 3.86. The molecule has 0 aliphatic carbocycles. The third kappa shape index (κ3) is 3.63. The molecule has 3 unspecified atom stereocenters. The zero-order valence-electron chi connectivity index (χ0n) is 8.88. The molecule has 0 aromatic heterocycles. The van der Waals surface area contributed by atoms with Gasteiger partial charge >= 0.3 is 0 Å². The predicted molar refractivity (Wildman–Crippen MR) is 52.9 cm³/mol. The molecule has 3 nitrogen and oxygen atoms in total. The van der Waals surface area contributed by atoms with E-state index in [1.165, 1.54) is 12.8 Å². The molecule has 78 valence electrons. The van der Waals surface area contributed by atoms with E-state index in [4.69, 9.17) is 9.47 Å². The van der Waals surface area contributed by atoms with Gasteiger partial charge in [0.25, 0.3) is 0 Å². The Morgan fingerprint density at radius 2 is 2.31 bits per heavy atom. The lowest BCUT2D eigenvalue weighted by Gasteiger charge is -2.23. The van der Waals surface area contributed by atoms with Crippen molar-refractivity contribution in [2.75, 3.05) is 20.3 Å². The largest absolute Gasteiger partial charge is 0.383 e. The van der Waals surface area contributed by atoms with Crippen LogP contribution in [0.25, 0.3) is 0 Å². The summed E-state index contributed by atoms with van der Waals surface area (Å²) in [4.78, 5) is 0. The lowest BCUT2D eigenvalue weighted by Crippen LogP contribution is -2.43. The maximum atomic E-state index is 5.59. The molecule has 13 heavy (non-hydrogen) atoms. The molecule has 1 aliphatic heterocycles. The van der Waals surface area contributed by atoms with Gasteiger partial charge in [0.05, 0.1) is 12.7 Å². The molecule has 3 atom stereocenters. The Morgan fingerprint density at radius 1 is 1.54 bits per heavy atom. The molecule has 3 heteroatoms. The Hall–Kier alpha value is -0.120. The first kappa shape index (κ1) is 11.0. The fourth-order valence-corrected chi connectivity index (χ4v) is 1.85. The van der Waals surface area contributed by atoms with Crippen LogP contribution in [-0.2, 0) is 9.47 Å². The van der Waals surface area contributed by atoms with Gasteiger partial charge in [0, 0.05) is 25.8 Å². The first-order valence-electron chi connectivity index (χ1n) is 5.10. The summed E-state index contributed by atoms with van der Waals surface area (Å²) < 4.78 is 10.7. The summed E-state index contributed by atoms with van der Waals surface area (Å²) in [7, 11) is 1.73. The summed E-state index contributed by atoms with van der Waals surface area (Å²) >= 11 is 0. The minimum absolute atomic E-state index is 0.402. The second kappa shape index (κ2) is 5.58. The van der Waals surface area contributed by atoms with Crippen LogP contribution in [0.3, 0.4) is 0 Å². The van der Waals surface area contributed by atoms with Crippen LogP contribution in [0.2, 0.25) is 0 Å². The monoisotopic (exact) mass is 187 g/mol. The van der Waals surface area contributed by atoms with Gasteiger partial charge in [0.2, 0.25) is 0 Å². The normalized spacial score (nSPS) is 27.5. The molecule has 1 fully saturated rings. The first-order valence-corrected chi connectivity index (χ1v) is 5.10. The van der Waals surface area contributed by atoms with Crippen LogP contribution in [0, 0.1) is 0 Å². The molecule has 0 saturated carbocycles. The first-order chi connectivity index (χ1) is 6.24. The Morgan fingerprint density at radius 3 is 2.85 bits per heavy atom. The van der Waals surface area contributed by atoms with E-state index in [1.807, 2.05) is 0 Å². The quantitative estimate of drug-likeness (QED) is 0.701. The fraction of sp³-hybridized carbons (Fsp3) is 1.00. The van der Waals surface area contributed by atoms with Gasteiger partial charge in [-0.25, -0.2) is 0 Å². The van der Waals surface area contributed by atoms with Gasteiger partial charge < -0.3 is 14.8 Å². The van der Waals surface area contributed by atoms with Gasteiger partial charge in [-0.05, 0) is 26.7 Å². The van der Waals surface area contributed by atoms with Gasteiger partial charge in [-0.1, -0.05) is 0 Å². The summed E-state index contributed by atoms with van der Waals surface area (Å²) in [6.07, 6.45) is 2.79. The van der Waals surface area contributed by atoms with E-state index < -0.39 is 0 Å². The fourth-order valence-electron chi connectivity index (χ4n) is 1.85. The molecule has 0 radical (unpaired) electrons. The average molecular weight is 187 g/mol. The van der Waals surface area contributed by atoms with Crippen LogP contribution in [0.4, 0.5) is 0 Å². The smallest absolute Gasteiger partial charge is 0.0726 e. The SMILES string of the molecule is COCC(C)NC(C)C1CCCO1. The minimum Gasteiger partial charge on any atom is -0.383 e. The third-order valence-electron chi connectivity index (χ3n) is 2.49. The van der Waals surface area contributed by atoms with Gasteiger partial charge in [0.15, 0.2) is 0 Å². The Bertz CT molecular complexity index is 135. The number of hydrogen-bond donors (Lipinski definition) is 1. The zero-order chi connectivity index (χ0) is 9.68. The van der Waals surface area contributed by atoms with E-state index in [0.29, 0.717) is 18.2 Å². The molecule has 0 bridgehead atoms. The van der Waals surface area contributed by atoms with Crippen molar-refractivity contribution in [1.29, 1.82) is 0 Å². The highest BCUT2D eigenvalue weighted by Crippen LogP contribution is 2.15. The van der Waals surface area contributed by atoms with Gasteiger partial charge in [-0.15, -0.1) is 0 Å². The Kier molecular flexibility index (Phi) is 4.70. The van der Waals surface area contributed by atoms with Gasteiger partial charge in [0.1, 0.15) is 0 Å². The van der Waals surface area contributed by atoms with Crippen molar-refractivity contribution >= 4 is 0 Å². The van der Waals surface area contributed by atoms with E-state index in [1.54, 1.807) is 7.11 Å². The van der Waals surface area contributed by atoms with E-state index in [0.717, 1.165) is 13.2 Å². The molecule has 1 aliphatic rings. The van der Waals surface area contributed by atoms with Crippen LogP contribution in [0.15, 0.2) is 0 Å². The molecule has 1 heterocycles. The standard InChI is InChI=1S/C10H21NO2/c1-8(7-12-3)11-9(2)10-5-4-6-13-10/h8-11H,4-7H2,1-3H3. The number of rotatable bonds is 5. The Labute approximate surface area is 80.8 Å². The molecule has 1 rings (SSSR count). The number of nitrogens with one attached hydrogen (secondary N) is 1. The van der Waals surface area contributed by atoms with Gasteiger partial charge in [-0.2, -0.15) is 0 Å². The molecule has 1 saturated heterocycles. The molecule has 0 aromatic carbocycles. The highest BCUT2D eigenvalue weighted by atomic mass is 16.5. The highest BCUT2D eigenvalue weighted by molar-refractivity contribution is 4.78. The highest BCUT2D eigenvalue weighted by Gasteiger charge is 2.22. The summed E-state index contributed by atoms with van der Waals surface area (Å²) in [5.74, 6) is 0. The summed E-state index contributed by atoms with van der Waals surface area (Å²) in [5, 5.41) is 3.47. The minimum atomic E-state index is 0.402. The maximum absolute atomic E-state index is 5.59. The van der Waals surface area contributed by atoms with Crippen molar-refractivity contribution in [1.82, 2.24) is 5.32 Å². The van der Waals surface area contributed by atoms with Crippen molar-refractivity contribution in [2.45, 2.75) is 44.9 Å². The lowest BCUT2D eigenvalue weighted by molar-refractivity contribution is 0.0735. The van der Waals surface area contributed by atoms with Crippen LogP contribution >= 0.6 is 0 Å².